The number of nitrogens with zero attached hydrogens (tertiary/aromatic N) is 4. The Morgan fingerprint density at radius 1 is 1.30 bits per heavy atom. The van der Waals surface area contributed by atoms with Crippen LogP contribution in [0, 0.1) is 0 Å². The molecule has 1 aromatic carbocycles. The summed E-state index contributed by atoms with van der Waals surface area (Å²) >= 11 is 3.26. The van der Waals surface area contributed by atoms with Crippen molar-refractivity contribution in [3.63, 3.8) is 0 Å². The minimum absolute atomic E-state index is 0.0296. The number of benzene rings is 1. The van der Waals surface area contributed by atoms with E-state index in [1.165, 1.54) is 4.70 Å². The summed E-state index contributed by atoms with van der Waals surface area (Å²) in [5.41, 5.74) is 1.04. The minimum atomic E-state index is -0.0296. The van der Waals surface area contributed by atoms with Crippen molar-refractivity contribution in [3.8, 4) is 0 Å². The highest BCUT2D eigenvalue weighted by atomic mass is 32.2. The number of thioether (sulfide) groups is 1. The fourth-order valence-electron chi connectivity index (χ4n) is 2.66. The lowest BCUT2D eigenvalue weighted by molar-refractivity contribution is 0.00780. The van der Waals surface area contributed by atoms with Crippen molar-refractivity contribution in [2.45, 2.75) is 36.3 Å². The third-order valence-electron chi connectivity index (χ3n) is 3.82. The second kappa shape index (κ2) is 6.46. The first-order valence-electron chi connectivity index (χ1n) is 7.60. The molecule has 0 bridgehead atoms. The number of nitrogens with two attached hydrogens (primary N) is 1. The molecule has 1 aliphatic rings. The van der Waals surface area contributed by atoms with E-state index in [1.807, 2.05) is 18.2 Å². The smallest absolute Gasteiger partial charge is 0.210 e. The normalized spacial score (nSPS) is 18.5. The van der Waals surface area contributed by atoms with Gasteiger partial charge in [0.1, 0.15) is 11.1 Å². The first-order valence-corrected chi connectivity index (χ1v) is 9.41. The van der Waals surface area contributed by atoms with Gasteiger partial charge in [-0.25, -0.2) is 9.66 Å². The van der Waals surface area contributed by atoms with Crippen LogP contribution in [0.1, 0.15) is 36.2 Å². The van der Waals surface area contributed by atoms with E-state index in [-0.39, 0.29) is 6.10 Å². The molecule has 1 saturated heterocycles. The fourth-order valence-corrected chi connectivity index (χ4v) is 4.48. The summed E-state index contributed by atoms with van der Waals surface area (Å²) < 4.78 is 8.50. The zero-order valence-electron chi connectivity index (χ0n) is 12.5. The van der Waals surface area contributed by atoms with Crippen molar-refractivity contribution in [2.75, 3.05) is 12.4 Å². The molecule has 2 N–H and O–H groups in total. The van der Waals surface area contributed by atoms with Crippen LogP contribution in [0.2, 0.25) is 0 Å². The molecule has 3 aromatic rings. The Kier molecular flexibility index (Phi) is 4.19. The number of nitrogen functional groups attached to an aromatic ring is 1. The molecule has 0 amide bonds. The van der Waals surface area contributed by atoms with E-state index in [0.29, 0.717) is 5.16 Å². The van der Waals surface area contributed by atoms with E-state index in [9.17, 15) is 0 Å². The van der Waals surface area contributed by atoms with Crippen LogP contribution in [-0.2, 0) is 10.5 Å². The predicted octanol–water partition coefficient (Wildman–Crippen LogP) is 3.14. The van der Waals surface area contributed by atoms with Gasteiger partial charge in [-0.2, -0.15) is 0 Å². The number of ether oxygens (including phenoxy) is 1. The van der Waals surface area contributed by atoms with E-state index in [4.69, 9.17) is 10.6 Å². The Morgan fingerprint density at radius 3 is 3.04 bits per heavy atom. The summed E-state index contributed by atoms with van der Waals surface area (Å²) in [6, 6.07) is 8.16. The number of hydrogen-bond acceptors (Lipinski definition) is 7. The topological polar surface area (TPSA) is 78.9 Å². The summed E-state index contributed by atoms with van der Waals surface area (Å²) in [5.74, 6) is 7.60. The van der Waals surface area contributed by atoms with Crippen molar-refractivity contribution < 1.29 is 4.74 Å². The van der Waals surface area contributed by atoms with Gasteiger partial charge in [0, 0.05) is 6.61 Å². The van der Waals surface area contributed by atoms with E-state index < -0.39 is 0 Å². The predicted molar refractivity (Wildman–Crippen MR) is 91.9 cm³/mol. The Morgan fingerprint density at radius 2 is 2.22 bits per heavy atom. The molecule has 0 radical (unpaired) electrons. The van der Waals surface area contributed by atoms with Gasteiger partial charge in [-0.15, -0.1) is 21.5 Å². The highest BCUT2D eigenvalue weighted by Gasteiger charge is 2.23. The average Bonchev–Trinajstić information content (AvgIpc) is 3.17. The Labute approximate surface area is 142 Å². The lowest BCUT2D eigenvalue weighted by Crippen LogP contribution is -2.21. The number of para-hydroxylation sites is 1. The highest BCUT2D eigenvalue weighted by molar-refractivity contribution is 7.98. The monoisotopic (exact) mass is 347 g/mol. The summed E-state index contributed by atoms with van der Waals surface area (Å²) in [5, 5.41) is 10.2. The van der Waals surface area contributed by atoms with Gasteiger partial charge in [0.15, 0.2) is 5.82 Å². The number of hydrogen-bond donors (Lipinski definition) is 1. The minimum Gasteiger partial charge on any atom is -0.370 e. The third-order valence-corrected chi connectivity index (χ3v) is 5.99. The fraction of sp³-hybridized carbons (Fsp3) is 0.400. The maximum absolute atomic E-state index is 6.15. The molecule has 23 heavy (non-hydrogen) atoms. The molecular weight excluding hydrogens is 330 g/mol. The lowest BCUT2D eigenvalue weighted by atomic mass is 10.1. The standard InChI is InChI=1S/C15H17N5OS2/c16-20-14(11-6-3-4-8-21-11)18-19-15(20)22-9-13-17-10-5-1-2-7-12(10)23-13/h1-2,5,7,11H,3-4,6,8-9,16H2/t11-/m0/s1. The number of fused-ring (bicyclic) bond motifs is 1. The number of thiazole rings is 1. The molecule has 0 spiro atoms. The third kappa shape index (κ3) is 3.06. The summed E-state index contributed by atoms with van der Waals surface area (Å²) in [6.07, 6.45) is 3.18. The summed E-state index contributed by atoms with van der Waals surface area (Å²) in [7, 11) is 0. The average molecular weight is 347 g/mol. The van der Waals surface area contributed by atoms with E-state index >= 15 is 0 Å². The molecule has 6 nitrogen and oxygen atoms in total. The molecule has 8 heteroatoms. The molecule has 1 atom stereocenters. The van der Waals surface area contributed by atoms with Gasteiger partial charge in [-0.3, -0.25) is 0 Å². The van der Waals surface area contributed by atoms with E-state index in [0.717, 1.165) is 48.0 Å². The van der Waals surface area contributed by atoms with Crippen LogP contribution in [0.5, 0.6) is 0 Å². The molecular formula is C15H17N5OS2. The molecule has 1 aliphatic heterocycles. The molecule has 120 valence electrons. The van der Waals surface area contributed by atoms with Crippen LogP contribution in [0.25, 0.3) is 10.2 Å². The van der Waals surface area contributed by atoms with Gasteiger partial charge in [0.25, 0.3) is 0 Å². The highest BCUT2D eigenvalue weighted by Crippen LogP contribution is 2.30. The van der Waals surface area contributed by atoms with Gasteiger partial charge >= 0.3 is 0 Å². The summed E-state index contributed by atoms with van der Waals surface area (Å²) in [4.78, 5) is 4.63. The van der Waals surface area contributed by atoms with Gasteiger partial charge < -0.3 is 10.6 Å². The van der Waals surface area contributed by atoms with Gasteiger partial charge in [-0.1, -0.05) is 23.9 Å². The van der Waals surface area contributed by atoms with Gasteiger partial charge in [0.05, 0.1) is 16.0 Å². The zero-order valence-corrected chi connectivity index (χ0v) is 14.1. The second-order valence-corrected chi connectivity index (χ2v) is 7.49. The Balaban J connectivity index is 1.47. The van der Waals surface area contributed by atoms with Gasteiger partial charge in [-0.05, 0) is 31.4 Å². The van der Waals surface area contributed by atoms with Crippen molar-refractivity contribution >= 4 is 33.3 Å². The molecule has 1 fully saturated rings. The first-order chi connectivity index (χ1) is 11.3. The molecule has 3 heterocycles. The Bertz CT molecular complexity index is 776. The molecule has 0 unspecified atom stereocenters. The SMILES string of the molecule is Nn1c(SCc2nc3ccccc3s2)nnc1[C@@H]1CCCCO1. The van der Waals surface area contributed by atoms with Crippen molar-refractivity contribution in [3.05, 3.63) is 35.1 Å². The van der Waals surface area contributed by atoms with E-state index in [2.05, 4.69) is 21.2 Å². The molecule has 2 aromatic heterocycles. The molecule has 0 saturated carbocycles. The van der Waals surface area contributed by atoms with Crippen LogP contribution < -0.4 is 5.84 Å². The van der Waals surface area contributed by atoms with Gasteiger partial charge in [0.2, 0.25) is 5.16 Å². The van der Waals surface area contributed by atoms with E-state index in [1.54, 1.807) is 27.8 Å². The van der Waals surface area contributed by atoms with Crippen molar-refractivity contribution in [2.24, 2.45) is 0 Å². The lowest BCUT2D eigenvalue weighted by Gasteiger charge is -2.21. The molecule has 4 rings (SSSR count). The van der Waals surface area contributed by atoms with Crippen LogP contribution in [0.3, 0.4) is 0 Å². The quantitative estimate of drug-likeness (QED) is 0.577. The van der Waals surface area contributed by atoms with Crippen LogP contribution >= 0.6 is 23.1 Å². The Hall–Kier alpha value is -1.64. The summed E-state index contributed by atoms with van der Waals surface area (Å²) in [6.45, 7) is 0.770. The number of rotatable bonds is 4. The van der Waals surface area contributed by atoms with Crippen LogP contribution in [-0.4, -0.2) is 26.5 Å². The first kappa shape index (κ1) is 14.9. The van der Waals surface area contributed by atoms with Crippen LogP contribution in [0.15, 0.2) is 29.4 Å². The second-order valence-electron chi connectivity index (χ2n) is 5.43. The number of aromatic nitrogens is 4. The largest absolute Gasteiger partial charge is 0.370 e. The molecule has 0 aliphatic carbocycles. The van der Waals surface area contributed by atoms with Crippen molar-refractivity contribution in [1.29, 1.82) is 0 Å². The zero-order chi connectivity index (χ0) is 15.6. The van der Waals surface area contributed by atoms with Crippen LogP contribution in [0.4, 0.5) is 0 Å². The maximum Gasteiger partial charge on any atom is 0.210 e. The maximum atomic E-state index is 6.15. The van der Waals surface area contributed by atoms with Crippen molar-refractivity contribution in [1.82, 2.24) is 19.9 Å².